The third kappa shape index (κ3) is 2.94. The van der Waals surface area contributed by atoms with Gasteiger partial charge in [-0.3, -0.25) is 0 Å². The Balaban J connectivity index is 1.60. The van der Waals surface area contributed by atoms with Crippen molar-refractivity contribution in [3.8, 4) is 11.5 Å². The molecule has 2 fully saturated rings. The quantitative estimate of drug-likeness (QED) is 0.857. The van der Waals surface area contributed by atoms with Gasteiger partial charge in [-0.05, 0) is 31.9 Å². The summed E-state index contributed by atoms with van der Waals surface area (Å²) in [6.07, 6.45) is 3.92. The van der Waals surface area contributed by atoms with Crippen LogP contribution in [0.2, 0.25) is 0 Å². The molecule has 0 saturated carbocycles. The highest BCUT2D eigenvalue weighted by atomic mass is 16.7. The van der Waals surface area contributed by atoms with Crippen LogP contribution in [-0.2, 0) is 9.47 Å². The molecule has 7 heteroatoms. The monoisotopic (exact) mass is 316 g/mol. The largest absolute Gasteiger partial charge is 0.355 e. The van der Waals surface area contributed by atoms with E-state index in [1.165, 1.54) is 0 Å². The number of piperidine rings is 1. The van der Waals surface area contributed by atoms with Crippen molar-refractivity contribution in [2.75, 3.05) is 31.2 Å². The van der Waals surface area contributed by atoms with Crippen molar-refractivity contribution < 1.29 is 14.0 Å². The van der Waals surface area contributed by atoms with Crippen molar-refractivity contribution in [3.05, 3.63) is 24.2 Å². The number of ether oxygens (including phenoxy) is 2. The SMILES string of the molecule is Cc1noc(-c2cccnc2N2CCC[C@@H](C3OCCO3)C2)n1. The highest BCUT2D eigenvalue weighted by Gasteiger charge is 2.32. The van der Waals surface area contributed by atoms with Crippen molar-refractivity contribution in [1.29, 1.82) is 0 Å². The first-order valence-corrected chi connectivity index (χ1v) is 8.05. The summed E-state index contributed by atoms with van der Waals surface area (Å²) in [5.41, 5.74) is 0.877. The van der Waals surface area contributed by atoms with Gasteiger partial charge in [0, 0.05) is 25.2 Å². The molecular formula is C16H20N4O3. The second kappa shape index (κ2) is 6.25. The van der Waals surface area contributed by atoms with Gasteiger partial charge in [0.1, 0.15) is 5.82 Å². The maximum atomic E-state index is 5.68. The molecule has 7 nitrogen and oxygen atoms in total. The van der Waals surface area contributed by atoms with E-state index in [-0.39, 0.29) is 6.29 Å². The van der Waals surface area contributed by atoms with Crippen LogP contribution in [0.25, 0.3) is 11.5 Å². The second-order valence-corrected chi connectivity index (χ2v) is 5.98. The van der Waals surface area contributed by atoms with Gasteiger partial charge >= 0.3 is 0 Å². The Kier molecular flexibility index (Phi) is 3.97. The molecule has 122 valence electrons. The Morgan fingerprint density at radius 3 is 2.91 bits per heavy atom. The molecule has 4 heterocycles. The van der Waals surface area contributed by atoms with E-state index in [1.807, 2.05) is 19.1 Å². The summed E-state index contributed by atoms with van der Waals surface area (Å²) in [5, 5.41) is 3.88. The maximum absolute atomic E-state index is 5.68. The van der Waals surface area contributed by atoms with Gasteiger partial charge < -0.3 is 18.9 Å². The highest BCUT2D eigenvalue weighted by molar-refractivity contribution is 5.69. The standard InChI is InChI=1S/C16H20N4O3/c1-11-18-15(23-19-11)13-5-2-6-17-14(13)20-7-3-4-12(10-20)16-21-8-9-22-16/h2,5-6,12,16H,3-4,7-10H2,1H3/t12-/m1/s1. The number of nitrogens with zero attached hydrogens (tertiary/aromatic N) is 4. The van der Waals surface area contributed by atoms with Crippen molar-refractivity contribution >= 4 is 5.82 Å². The Labute approximate surface area is 134 Å². The average Bonchev–Trinajstić information content (AvgIpc) is 3.27. The molecule has 4 rings (SSSR count). The van der Waals surface area contributed by atoms with Gasteiger partial charge in [0.2, 0.25) is 0 Å². The molecule has 0 bridgehead atoms. The smallest absolute Gasteiger partial charge is 0.261 e. The molecule has 0 aromatic carbocycles. The number of hydrogen-bond acceptors (Lipinski definition) is 7. The molecule has 2 aliphatic heterocycles. The molecule has 0 N–H and O–H groups in total. The first kappa shape index (κ1) is 14.6. The number of aryl methyl sites for hydroxylation is 1. The van der Waals surface area contributed by atoms with Crippen LogP contribution < -0.4 is 4.90 Å². The lowest BCUT2D eigenvalue weighted by atomic mass is 9.97. The van der Waals surface area contributed by atoms with Crippen LogP contribution in [0.5, 0.6) is 0 Å². The van der Waals surface area contributed by atoms with Gasteiger partial charge in [-0.15, -0.1) is 0 Å². The lowest BCUT2D eigenvalue weighted by molar-refractivity contribution is -0.0859. The summed E-state index contributed by atoms with van der Waals surface area (Å²) in [6.45, 7) is 5.02. The maximum Gasteiger partial charge on any atom is 0.261 e. The molecule has 0 aliphatic carbocycles. The van der Waals surface area contributed by atoms with Gasteiger partial charge in [-0.25, -0.2) is 4.98 Å². The first-order valence-electron chi connectivity index (χ1n) is 8.05. The summed E-state index contributed by atoms with van der Waals surface area (Å²) < 4.78 is 16.7. The fourth-order valence-corrected chi connectivity index (χ4v) is 3.30. The van der Waals surface area contributed by atoms with E-state index in [2.05, 4.69) is 20.0 Å². The minimum Gasteiger partial charge on any atom is -0.355 e. The van der Waals surface area contributed by atoms with Gasteiger partial charge in [0.05, 0.1) is 18.8 Å². The Morgan fingerprint density at radius 1 is 1.26 bits per heavy atom. The number of hydrogen-bond donors (Lipinski definition) is 0. The lowest BCUT2D eigenvalue weighted by Gasteiger charge is -2.35. The molecule has 2 saturated heterocycles. The molecule has 1 atom stereocenters. The third-order valence-electron chi connectivity index (χ3n) is 4.33. The number of rotatable bonds is 3. The molecule has 0 unspecified atom stereocenters. The van der Waals surface area contributed by atoms with E-state index in [1.54, 1.807) is 6.20 Å². The Hall–Kier alpha value is -1.99. The zero-order valence-corrected chi connectivity index (χ0v) is 13.1. The zero-order valence-electron chi connectivity index (χ0n) is 13.1. The zero-order chi connectivity index (χ0) is 15.6. The summed E-state index contributed by atoms with van der Waals surface area (Å²) >= 11 is 0. The van der Waals surface area contributed by atoms with E-state index in [4.69, 9.17) is 14.0 Å². The van der Waals surface area contributed by atoms with Crippen LogP contribution in [0.15, 0.2) is 22.9 Å². The predicted molar refractivity (Wildman–Crippen MR) is 82.9 cm³/mol. The van der Waals surface area contributed by atoms with Crippen LogP contribution in [0.1, 0.15) is 18.7 Å². The van der Waals surface area contributed by atoms with Gasteiger partial charge in [0.25, 0.3) is 5.89 Å². The summed E-state index contributed by atoms with van der Waals surface area (Å²) in [4.78, 5) is 11.2. The van der Waals surface area contributed by atoms with Crippen LogP contribution in [0, 0.1) is 12.8 Å². The number of pyridine rings is 1. The van der Waals surface area contributed by atoms with Crippen LogP contribution >= 0.6 is 0 Å². The average molecular weight is 316 g/mol. The van der Waals surface area contributed by atoms with Gasteiger partial charge in [0.15, 0.2) is 12.1 Å². The molecule has 2 aliphatic rings. The van der Waals surface area contributed by atoms with Crippen LogP contribution in [0.4, 0.5) is 5.82 Å². The molecule has 2 aromatic rings. The molecular weight excluding hydrogens is 296 g/mol. The predicted octanol–water partition coefficient (Wildman–Crippen LogP) is 2.03. The topological polar surface area (TPSA) is 73.5 Å². The fraction of sp³-hybridized carbons (Fsp3) is 0.562. The number of aromatic nitrogens is 3. The highest BCUT2D eigenvalue weighted by Crippen LogP contribution is 2.32. The molecule has 0 radical (unpaired) electrons. The summed E-state index contributed by atoms with van der Waals surface area (Å²) in [6, 6.07) is 3.87. The van der Waals surface area contributed by atoms with E-state index in [0.29, 0.717) is 30.8 Å². The fourth-order valence-electron chi connectivity index (χ4n) is 3.30. The van der Waals surface area contributed by atoms with E-state index in [0.717, 1.165) is 37.3 Å². The molecule has 0 amide bonds. The molecule has 23 heavy (non-hydrogen) atoms. The first-order chi connectivity index (χ1) is 11.3. The van der Waals surface area contributed by atoms with E-state index < -0.39 is 0 Å². The third-order valence-corrected chi connectivity index (χ3v) is 4.33. The van der Waals surface area contributed by atoms with E-state index in [9.17, 15) is 0 Å². The van der Waals surface area contributed by atoms with Crippen LogP contribution in [0.3, 0.4) is 0 Å². The molecule has 2 aromatic heterocycles. The number of anilines is 1. The summed E-state index contributed by atoms with van der Waals surface area (Å²) in [5.74, 6) is 2.39. The second-order valence-electron chi connectivity index (χ2n) is 5.98. The molecule has 0 spiro atoms. The van der Waals surface area contributed by atoms with E-state index >= 15 is 0 Å². The van der Waals surface area contributed by atoms with Crippen molar-refractivity contribution in [2.45, 2.75) is 26.1 Å². The van der Waals surface area contributed by atoms with Gasteiger partial charge in [-0.1, -0.05) is 5.16 Å². The minimum atomic E-state index is -0.0874. The minimum absolute atomic E-state index is 0.0874. The Bertz CT molecular complexity index is 669. The normalized spacial score (nSPS) is 22.7. The van der Waals surface area contributed by atoms with Crippen LogP contribution in [-0.4, -0.2) is 47.7 Å². The van der Waals surface area contributed by atoms with Crippen molar-refractivity contribution in [3.63, 3.8) is 0 Å². The lowest BCUT2D eigenvalue weighted by Crippen LogP contribution is -2.41. The van der Waals surface area contributed by atoms with Crippen molar-refractivity contribution in [1.82, 2.24) is 15.1 Å². The summed E-state index contributed by atoms with van der Waals surface area (Å²) in [7, 11) is 0. The van der Waals surface area contributed by atoms with Crippen molar-refractivity contribution in [2.24, 2.45) is 5.92 Å². The van der Waals surface area contributed by atoms with Gasteiger partial charge in [-0.2, -0.15) is 4.98 Å². The Morgan fingerprint density at radius 2 is 2.13 bits per heavy atom.